The van der Waals surface area contributed by atoms with Gasteiger partial charge in [-0.15, -0.1) is 0 Å². The minimum absolute atomic E-state index is 0.0170. The first-order valence-electron chi connectivity index (χ1n) is 9.23. The summed E-state index contributed by atoms with van der Waals surface area (Å²) in [5.74, 6) is 1.00. The Kier molecular flexibility index (Phi) is 4.70. The van der Waals surface area contributed by atoms with E-state index in [4.69, 9.17) is 4.74 Å². The minimum Gasteiger partial charge on any atom is -0.508 e. The number of fused-ring (bicyclic) bond motifs is 1. The van der Waals surface area contributed by atoms with Crippen LogP contribution in [0.2, 0.25) is 0 Å². The van der Waals surface area contributed by atoms with Gasteiger partial charge < -0.3 is 9.84 Å². The number of aromatic hydroxyl groups is 1. The Hall–Kier alpha value is -3.40. The molecule has 4 heteroatoms. The topological polar surface area (TPSA) is 59.4 Å². The Morgan fingerprint density at radius 3 is 2.57 bits per heavy atom. The number of allylic oxidation sites excluding steroid dienone is 1. The fourth-order valence-electron chi connectivity index (χ4n) is 3.66. The third kappa shape index (κ3) is 3.41. The van der Waals surface area contributed by atoms with Crippen LogP contribution < -0.4 is 4.74 Å². The molecule has 28 heavy (non-hydrogen) atoms. The highest BCUT2D eigenvalue weighted by atomic mass is 16.5. The molecule has 0 fully saturated rings. The van der Waals surface area contributed by atoms with E-state index in [0.29, 0.717) is 29.7 Å². The number of Topliss-reactive ketones (excluding diaryl/α,β-unsaturated/α-hetero) is 1. The summed E-state index contributed by atoms with van der Waals surface area (Å²) in [4.78, 5) is 16.9. The zero-order chi connectivity index (χ0) is 19.7. The van der Waals surface area contributed by atoms with E-state index in [1.54, 1.807) is 24.4 Å². The fraction of sp³-hybridized carbons (Fsp3) is 0.167. The van der Waals surface area contributed by atoms with Crippen LogP contribution in [-0.2, 0) is 13.0 Å². The van der Waals surface area contributed by atoms with Crippen LogP contribution in [0.25, 0.3) is 6.08 Å². The zero-order valence-corrected chi connectivity index (χ0v) is 15.9. The monoisotopic (exact) mass is 371 g/mol. The van der Waals surface area contributed by atoms with Gasteiger partial charge in [0.1, 0.15) is 18.1 Å². The number of aromatic nitrogens is 1. The Balaban J connectivity index is 1.58. The summed E-state index contributed by atoms with van der Waals surface area (Å²) in [6, 6.07) is 14.9. The number of benzene rings is 2. The highest BCUT2D eigenvalue weighted by molar-refractivity contribution is 6.16. The van der Waals surface area contributed by atoms with Gasteiger partial charge in [-0.05, 0) is 66.9 Å². The highest BCUT2D eigenvalue weighted by Gasteiger charge is 2.26. The van der Waals surface area contributed by atoms with Gasteiger partial charge in [0.15, 0.2) is 5.78 Å². The van der Waals surface area contributed by atoms with Gasteiger partial charge in [0.05, 0.1) is 5.69 Å². The molecule has 3 aromatic rings. The van der Waals surface area contributed by atoms with E-state index in [1.165, 1.54) is 0 Å². The number of aryl methyl sites for hydroxylation is 2. The van der Waals surface area contributed by atoms with Gasteiger partial charge in [-0.1, -0.05) is 18.2 Å². The number of hydrogen-bond donors (Lipinski definition) is 1. The van der Waals surface area contributed by atoms with Crippen molar-refractivity contribution in [1.82, 2.24) is 4.98 Å². The van der Waals surface area contributed by atoms with Crippen molar-refractivity contribution in [2.45, 2.75) is 26.9 Å². The van der Waals surface area contributed by atoms with Crippen molar-refractivity contribution in [2.75, 3.05) is 0 Å². The summed E-state index contributed by atoms with van der Waals surface area (Å²) in [7, 11) is 0. The number of phenolic OH excluding ortho intramolecular Hbond substituents is 1. The van der Waals surface area contributed by atoms with Gasteiger partial charge in [0.25, 0.3) is 0 Å². The number of ketones is 1. The second-order valence-corrected chi connectivity index (χ2v) is 7.07. The molecule has 0 atom stereocenters. The molecule has 0 spiro atoms. The van der Waals surface area contributed by atoms with E-state index in [9.17, 15) is 9.90 Å². The third-order valence-corrected chi connectivity index (χ3v) is 4.97. The number of phenols is 1. The van der Waals surface area contributed by atoms with E-state index in [0.717, 1.165) is 28.1 Å². The van der Waals surface area contributed by atoms with Crippen molar-refractivity contribution >= 4 is 11.9 Å². The van der Waals surface area contributed by atoms with E-state index in [1.807, 2.05) is 50.3 Å². The van der Waals surface area contributed by atoms with Crippen molar-refractivity contribution < 1.29 is 14.6 Å². The number of nitrogens with zero attached hydrogens (tertiary/aromatic N) is 1. The number of hydrogen-bond acceptors (Lipinski definition) is 4. The molecule has 0 unspecified atom stereocenters. The number of carbonyl (C=O) groups excluding carboxylic acids is 1. The van der Waals surface area contributed by atoms with Crippen LogP contribution in [0.3, 0.4) is 0 Å². The molecule has 4 nitrogen and oxygen atoms in total. The van der Waals surface area contributed by atoms with Crippen molar-refractivity contribution in [2.24, 2.45) is 0 Å². The molecule has 1 aromatic heterocycles. The van der Waals surface area contributed by atoms with E-state index >= 15 is 0 Å². The lowest BCUT2D eigenvalue weighted by Crippen LogP contribution is -2.01. The van der Waals surface area contributed by atoms with Gasteiger partial charge >= 0.3 is 0 Å². The van der Waals surface area contributed by atoms with Crippen molar-refractivity contribution in [3.8, 4) is 11.5 Å². The molecule has 0 amide bonds. The Labute approximate surface area is 164 Å². The molecule has 0 aliphatic heterocycles. The lowest BCUT2D eigenvalue weighted by Gasteiger charge is -2.13. The maximum atomic E-state index is 12.6. The predicted octanol–water partition coefficient (Wildman–Crippen LogP) is 4.81. The summed E-state index contributed by atoms with van der Waals surface area (Å²) in [6.07, 6.45) is 4.11. The van der Waals surface area contributed by atoms with Gasteiger partial charge in [0, 0.05) is 29.3 Å². The molecule has 4 rings (SSSR count). The zero-order valence-electron chi connectivity index (χ0n) is 15.9. The molecular formula is C24H21NO3. The first-order valence-corrected chi connectivity index (χ1v) is 9.23. The predicted molar refractivity (Wildman–Crippen MR) is 109 cm³/mol. The molecule has 1 aliphatic rings. The molecule has 2 aromatic carbocycles. The van der Waals surface area contributed by atoms with Gasteiger partial charge in [-0.2, -0.15) is 0 Å². The summed E-state index contributed by atoms with van der Waals surface area (Å²) in [5.41, 5.74) is 5.84. The normalized spacial score (nSPS) is 14.4. The van der Waals surface area contributed by atoms with Crippen molar-refractivity contribution in [3.05, 3.63) is 93.8 Å². The average Bonchev–Trinajstić information content (AvgIpc) is 2.99. The Morgan fingerprint density at radius 1 is 1.11 bits per heavy atom. The highest BCUT2D eigenvalue weighted by Crippen LogP contribution is 2.34. The number of ether oxygens (including phenoxy) is 1. The Bertz CT molecular complexity index is 1060. The maximum absolute atomic E-state index is 12.6. The molecule has 0 saturated heterocycles. The number of carbonyl (C=O) groups is 1. The summed E-state index contributed by atoms with van der Waals surface area (Å²) in [6.45, 7) is 4.41. The second-order valence-electron chi connectivity index (χ2n) is 7.07. The first kappa shape index (κ1) is 18.0. The summed E-state index contributed by atoms with van der Waals surface area (Å²) < 4.78 is 5.98. The lowest BCUT2D eigenvalue weighted by atomic mass is 10.0. The quantitative estimate of drug-likeness (QED) is 0.669. The van der Waals surface area contributed by atoms with Crippen molar-refractivity contribution in [1.29, 1.82) is 0 Å². The van der Waals surface area contributed by atoms with Crippen LogP contribution in [-0.4, -0.2) is 15.9 Å². The second kappa shape index (κ2) is 7.31. The lowest BCUT2D eigenvalue weighted by molar-refractivity contribution is 0.104. The molecule has 0 saturated carbocycles. The fourth-order valence-corrected chi connectivity index (χ4v) is 3.66. The van der Waals surface area contributed by atoms with Gasteiger partial charge in [-0.3, -0.25) is 9.78 Å². The van der Waals surface area contributed by atoms with E-state index in [-0.39, 0.29) is 11.5 Å². The molecule has 0 bridgehead atoms. The molecule has 1 heterocycles. The van der Waals surface area contributed by atoms with Crippen molar-refractivity contribution in [3.63, 3.8) is 0 Å². The molecule has 1 aliphatic carbocycles. The Morgan fingerprint density at radius 2 is 1.89 bits per heavy atom. The van der Waals surface area contributed by atoms with Crippen LogP contribution in [0.15, 0.2) is 60.3 Å². The van der Waals surface area contributed by atoms with E-state index < -0.39 is 0 Å². The van der Waals surface area contributed by atoms with Gasteiger partial charge in [0.2, 0.25) is 0 Å². The summed E-state index contributed by atoms with van der Waals surface area (Å²) >= 11 is 0. The van der Waals surface area contributed by atoms with Gasteiger partial charge in [-0.25, -0.2) is 0 Å². The minimum atomic E-state index is -0.0170. The van der Waals surface area contributed by atoms with Crippen LogP contribution >= 0.6 is 0 Å². The first-order chi connectivity index (χ1) is 13.5. The number of rotatable bonds is 4. The van der Waals surface area contributed by atoms with Crippen LogP contribution in [0, 0.1) is 13.8 Å². The molecule has 1 N–H and O–H groups in total. The number of pyridine rings is 1. The van der Waals surface area contributed by atoms with Crippen LogP contribution in [0.4, 0.5) is 0 Å². The smallest absolute Gasteiger partial charge is 0.189 e. The largest absolute Gasteiger partial charge is 0.508 e. The molecule has 140 valence electrons. The van der Waals surface area contributed by atoms with Crippen LogP contribution in [0.5, 0.6) is 11.5 Å². The standard InChI is InChI=1S/C24H21NO3/c1-15-10-17(11-16(2)24(15)28-14-19-6-3-4-9-25-19)12-18-13-21-20(23(18)27)7-5-8-22(21)26/h3-12,26H,13-14H2,1-2H3/b18-12+. The maximum Gasteiger partial charge on any atom is 0.189 e. The average molecular weight is 371 g/mol. The molecular weight excluding hydrogens is 350 g/mol. The third-order valence-electron chi connectivity index (χ3n) is 4.97. The molecule has 0 radical (unpaired) electrons. The van der Waals surface area contributed by atoms with Crippen LogP contribution in [0.1, 0.15) is 38.3 Å². The van der Waals surface area contributed by atoms with E-state index in [2.05, 4.69) is 4.98 Å². The summed E-state index contributed by atoms with van der Waals surface area (Å²) in [5, 5.41) is 10.0. The SMILES string of the molecule is Cc1cc(/C=C2\Cc3c(O)cccc3C2=O)cc(C)c1OCc1ccccn1.